The van der Waals surface area contributed by atoms with E-state index in [1.54, 1.807) is 0 Å². The Hall–Kier alpha value is -0.110. The Bertz CT molecular complexity index is 153. The molecule has 0 aromatic carbocycles. The molecule has 0 radical (unpaired) electrons. The number of hydrogen-bond donors (Lipinski definition) is 1. The molecule has 2 saturated carbocycles. The van der Waals surface area contributed by atoms with E-state index in [9.17, 15) is 4.39 Å². The number of rotatable bonds is 1. The minimum absolute atomic E-state index is 0.231. The summed E-state index contributed by atoms with van der Waals surface area (Å²) in [5, 5.41) is 0. The monoisotopic (exact) mass is 143 g/mol. The third-order valence-corrected chi connectivity index (χ3v) is 3.12. The molecule has 2 heteroatoms. The zero-order chi connectivity index (χ0) is 7.24. The molecule has 0 aliphatic heterocycles. The third kappa shape index (κ3) is 0.858. The smallest absolute Gasteiger partial charge is 0.123 e. The van der Waals surface area contributed by atoms with Gasteiger partial charge in [0, 0.05) is 6.54 Å². The van der Waals surface area contributed by atoms with E-state index in [4.69, 9.17) is 5.73 Å². The molecule has 1 unspecified atom stereocenters. The van der Waals surface area contributed by atoms with Crippen LogP contribution < -0.4 is 5.73 Å². The normalized spacial score (nSPS) is 42.6. The molecule has 0 amide bonds. The maximum absolute atomic E-state index is 13.5. The van der Waals surface area contributed by atoms with Crippen LogP contribution in [0, 0.1) is 5.41 Å². The van der Waals surface area contributed by atoms with Gasteiger partial charge in [-0.3, -0.25) is 0 Å². The van der Waals surface area contributed by atoms with Crippen molar-refractivity contribution in [2.75, 3.05) is 6.54 Å². The van der Waals surface area contributed by atoms with Crippen LogP contribution in [0.2, 0.25) is 0 Å². The lowest BCUT2D eigenvalue weighted by Gasteiger charge is -2.16. The summed E-state index contributed by atoms with van der Waals surface area (Å²) < 4.78 is 13.5. The van der Waals surface area contributed by atoms with E-state index < -0.39 is 5.67 Å². The molecule has 2 aliphatic carbocycles. The highest BCUT2D eigenvalue weighted by Gasteiger charge is 2.54. The fraction of sp³-hybridized carbons (Fsp3) is 1.00. The van der Waals surface area contributed by atoms with Gasteiger partial charge in [-0.15, -0.1) is 0 Å². The van der Waals surface area contributed by atoms with E-state index in [0.717, 1.165) is 12.8 Å². The molecule has 1 nitrogen and oxygen atoms in total. The molecule has 2 rings (SSSR count). The van der Waals surface area contributed by atoms with E-state index >= 15 is 0 Å². The minimum Gasteiger partial charge on any atom is -0.328 e. The van der Waals surface area contributed by atoms with Gasteiger partial charge in [0.1, 0.15) is 5.67 Å². The van der Waals surface area contributed by atoms with Gasteiger partial charge < -0.3 is 5.73 Å². The van der Waals surface area contributed by atoms with Crippen molar-refractivity contribution in [3.8, 4) is 0 Å². The highest BCUT2D eigenvalue weighted by molar-refractivity contribution is 5.06. The second-order valence-electron chi connectivity index (χ2n) is 4.03. The van der Waals surface area contributed by atoms with E-state index in [-0.39, 0.29) is 6.54 Å². The van der Waals surface area contributed by atoms with Crippen LogP contribution in [0.15, 0.2) is 0 Å². The first-order valence-corrected chi connectivity index (χ1v) is 4.07. The van der Waals surface area contributed by atoms with Gasteiger partial charge in [0.2, 0.25) is 0 Å². The van der Waals surface area contributed by atoms with Crippen molar-refractivity contribution in [1.82, 2.24) is 0 Å². The van der Waals surface area contributed by atoms with Gasteiger partial charge in [-0.05, 0) is 37.5 Å². The Morgan fingerprint density at radius 2 is 1.80 bits per heavy atom. The van der Waals surface area contributed by atoms with Gasteiger partial charge in [0.15, 0.2) is 0 Å². The average Bonchev–Trinajstić information content (AvgIpc) is 2.56. The predicted octanol–water partition coefficient (Wildman–Crippen LogP) is 1.62. The zero-order valence-electron chi connectivity index (χ0n) is 6.20. The Morgan fingerprint density at radius 3 is 2.10 bits per heavy atom. The molecule has 0 heterocycles. The second kappa shape index (κ2) is 1.73. The Balaban J connectivity index is 2.04. The predicted molar refractivity (Wildman–Crippen MR) is 38.4 cm³/mol. The van der Waals surface area contributed by atoms with Crippen molar-refractivity contribution in [2.45, 2.75) is 37.8 Å². The Kier molecular flexibility index (Phi) is 1.14. The molecule has 2 aliphatic rings. The molecule has 0 saturated heterocycles. The second-order valence-corrected chi connectivity index (χ2v) is 4.03. The van der Waals surface area contributed by atoms with Crippen LogP contribution in [0.1, 0.15) is 32.1 Å². The average molecular weight is 143 g/mol. The van der Waals surface area contributed by atoms with Crippen LogP contribution in [0.3, 0.4) is 0 Å². The van der Waals surface area contributed by atoms with Gasteiger partial charge in [-0.2, -0.15) is 0 Å². The lowest BCUT2D eigenvalue weighted by atomic mass is 10.0. The van der Waals surface area contributed by atoms with Gasteiger partial charge in [-0.25, -0.2) is 4.39 Å². The SMILES string of the molecule is NCC1(F)CCC2(CC2)C1. The third-order valence-electron chi connectivity index (χ3n) is 3.12. The van der Waals surface area contributed by atoms with E-state index in [1.165, 1.54) is 12.8 Å². The molecule has 0 aromatic heterocycles. The Morgan fingerprint density at radius 1 is 1.20 bits per heavy atom. The molecule has 1 spiro atoms. The van der Waals surface area contributed by atoms with Crippen molar-refractivity contribution >= 4 is 0 Å². The topological polar surface area (TPSA) is 26.0 Å². The molecule has 58 valence electrons. The molecule has 1 atom stereocenters. The molecule has 0 bridgehead atoms. The maximum atomic E-state index is 13.5. The summed E-state index contributed by atoms with van der Waals surface area (Å²) in [5.74, 6) is 0. The quantitative estimate of drug-likeness (QED) is 0.593. The fourth-order valence-corrected chi connectivity index (χ4v) is 2.12. The summed E-state index contributed by atoms with van der Waals surface area (Å²) in [6.45, 7) is 0.231. The molecule has 0 aromatic rings. The van der Waals surface area contributed by atoms with Crippen LogP contribution in [0.5, 0.6) is 0 Å². The van der Waals surface area contributed by atoms with Crippen molar-refractivity contribution in [2.24, 2.45) is 11.1 Å². The minimum atomic E-state index is -0.990. The maximum Gasteiger partial charge on any atom is 0.123 e. The van der Waals surface area contributed by atoms with Crippen molar-refractivity contribution < 1.29 is 4.39 Å². The first-order chi connectivity index (χ1) is 4.68. The summed E-state index contributed by atoms with van der Waals surface area (Å²) in [6.07, 6.45) is 5.04. The van der Waals surface area contributed by atoms with Gasteiger partial charge in [0.05, 0.1) is 0 Å². The van der Waals surface area contributed by atoms with Crippen molar-refractivity contribution in [3.63, 3.8) is 0 Å². The number of alkyl halides is 1. The number of hydrogen-bond acceptors (Lipinski definition) is 1. The van der Waals surface area contributed by atoms with Gasteiger partial charge in [0.25, 0.3) is 0 Å². The van der Waals surface area contributed by atoms with Crippen LogP contribution in [-0.2, 0) is 0 Å². The standard InChI is InChI=1S/C8H14FN/c9-8(6-10)4-3-7(5-8)1-2-7/h1-6,10H2. The van der Waals surface area contributed by atoms with Crippen molar-refractivity contribution in [3.05, 3.63) is 0 Å². The summed E-state index contributed by atoms with van der Waals surface area (Å²) in [6, 6.07) is 0. The highest BCUT2D eigenvalue weighted by atomic mass is 19.1. The van der Waals surface area contributed by atoms with Crippen LogP contribution in [-0.4, -0.2) is 12.2 Å². The van der Waals surface area contributed by atoms with Gasteiger partial charge in [-0.1, -0.05) is 0 Å². The van der Waals surface area contributed by atoms with E-state index in [1.807, 2.05) is 0 Å². The van der Waals surface area contributed by atoms with Gasteiger partial charge >= 0.3 is 0 Å². The molecule has 2 N–H and O–H groups in total. The molecular formula is C8H14FN. The lowest BCUT2D eigenvalue weighted by molar-refractivity contribution is 0.174. The van der Waals surface area contributed by atoms with E-state index in [0.29, 0.717) is 11.8 Å². The number of nitrogens with two attached hydrogens (primary N) is 1. The molecular weight excluding hydrogens is 129 g/mol. The fourth-order valence-electron chi connectivity index (χ4n) is 2.12. The first-order valence-electron chi connectivity index (χ1n) is 4.07. The van der Waals surface area contributed by atoms with Crippen LogP contribution >= 0.6 is 0 Å². The summed E-state index contributed by atoms with van der Waals surface area (Å²) in [4.78, 5) is 0. The molecule has 10 heavy (non-hydrogen) atoms. The Labute approximate surface area is 60.8 Å². The summed E-state index contributed by atoms with van der Waals surface area (Å²) in [5.41, 5.74) is 4.78. The van der Waals surface area contributed by atoms with Crippen molar-refractivity contribution in [1.29, 1.82) is 0 Å². The number of halogens is 1. The largest absolute Gasteiger partial charge is 0.328 e. The lowest BCUT2D eigenvalue weighted by Crippen LogP contribution is -2.29. The highest BCUT2D eigenvalue weighted by Crippen LogP contribution is 2.61. The van der Waals surface area contributed by atoms with Crippen LogP contribution in [0.4, 0.5) is 4.39 Å². The zero-order valence-corrected chi connectivity index (χ0v) is 6.20. The summed E-state index contributed by atoms with van der Waals surface area (Å²) >= 11 is 0. The van der Waals surface area contributed by atoms with E-state index in [2.05, 4.69) is 0 Å². The van der Waals surface area contributed by atoms with Crippen LogP contribution in [0.25, 0.3) is 0 Å². The summed E-state index contributed by atoms with van der Waals surface area (Å²) in [7, 11) is 0. The first kappa shape index (κ1) is 6.59. The molecule has 2 fully saturated rings.